The fourth-order valence-corrected chi connectivity index (χ4v) is 2.21. The van der Waals surface area contributed by atoms with E-state index in [9.17, 15) is 4.79 Å². The molecule has 1 aliphatic rings. The molecule has 0 amide bonds. The summed E-state index contributed by atoms with van der Waals surface area (Å²) in [4.78, 5) is 16.9. The van der Waals surface area contributed by atoms with Crippen molar-refractivity contribution in [2.45, 2.75) is 0 Å². The Labute approximate surface area is 124 Å². The minimum absolute atomic E-state index is 0. The van der Waals surface area contributed by atoms with Crippen molar-refractivity contribution in [1.82, 2.24) is 5.32 Å². The van der Waals surface area contributed by atoms with Crippen molar-refractivity contribution in [1.29, 1.82) is 0 Å². The zero-order chi connectivity index (χ0) is 13.1. The maximum atomic E-state index is 12.5. The molecule has 0 aliphatic carbocycles. The summed E-state index contributed by atoms with van der Waals surface area (Å²) in [5.41, 5.74) is 2.28. The topological polar surface area (TPSA) is 41.5 Å². The Morgan fingerprint density at radius 2 is 1.70 bits per heavy atom. The number of benzene rings is 2. The van der Waals surface area contributed by atoms with Gasteiger partial charge in [-0.05, 0) is 0 Å². The van der Waals surface area contributed by atoms with Crippen LogP contribution in [0, 0.1) is 0 Å². The Balaban J connectivity index is 0.00000147. The second kappa shape index (κ2) is 6.35. The molecule has 102 valence electrons. The minimum Gasteiger partial charge on any atom is -0.368 e. The SMILES string of the molecule is Cl.O=C(c1ccccc1)c1ccccc1C1=NCCN1. The monoisotopic (exact) mass is 286 g/mol. The van der Waals surface area contributed by atoms with Gasteiger partial charge in [0.05, 0.1) is 6.54 Å². The normalized spacial score (nSPS) is 13.1. The van der Waals surface area contributed by atoms with E-state index in [4.69, 9.17) is 0 Å². The van der Waals surface area contributed by atoms with E-state index in [1.807, 2.05) is 54.6 Å². The molecule has 0 saturated carbocycles. The van der Waals surface area contributed by atoms with Gasteiger partial charge in [-0.2, -0.15) is 0 Å². The summed E-state index contributed by atoms with van der Waals surface area (Å²) < 4.78 is 0. The first-order valence-corrected chi connectivity index (χ1v) is 6.34. The number of nitrogens with one attached hydrogen (secondary N) is 1. The lowest BCUT2D eigenvalue weighted by Gasteiger charge is -2.09. The predicted molar refractivity (Wildman–Crippen MR) is 83.0 cm³/mol. The van der Waals surface area contributed by atoms with Crippen molar-refractivity contribution < 1.29 is 4.79 Å². The first-order chi connectivity index (χ1) is 9.36. The van der Waals surface area contributed by atoms with Crippen LogP contribution in [0.5, 0.6) is 0 Å². The van der Waals surface area contributed by atoms with Crippen LogP contribution in [0.15, 0.2) is 59.6 Å². The van der Waals surface area contributed by atoms with Gasteiger partial charge in [0.1, 0.15) is 5.84 Å². The van der Waals surface area contributed by atoms with Gasteiger partial charge in [-0.3, -0.25) is 9.79 Å². The van der Waals surface area contributed by atoms with Crippen LogP contribution in [0.25, 0.3) is 0 Å². The number of hydrogen-bond donors (Lipinski definition) is 1. The Morgan fingerprint density at radius 1 is 1.00 bits per heavy atom. The van der Waals surface area contributed by atoms with Gasteiger partial charge in [-0.1, -0.05) is 54.6 Å². The van der Waals surface area contributed by atoms with Gasteiger partial charge in [0.15, 0.2) is 5.78 Å². The largest absolute Gasteiger partial charge is 0.368 e. The molecule has 0 fully saturated rings. The molecule has 0 spiro atoms. The van der Waals surface area contributed by atoms with Crippen LogP contribution in [-0.2, 0) is 0 Å². The summed E-state index contributed by atoms with van der Waals surface area (Å²) in [7, 11) is 0. The van der Waals surface area contributed by atoms with E-state index in [0.29, 0.717) is 11.1 Å². The molecule has 1 aliphatic heterocycles. The second-order valence-corrected chi connectivity index (χ2v) is 4.40. The van der Waals surface area contributed by atoms with Crippen molar-refractivity contribution in [2.24, 2.45) is 4.99 Å². The number of aliphatic imine (C=N–C) groups is 1. The van der Waals surface area contributed by atoms with Gasteiger partial charge in [0, 0.05) is 23.2 Å². The average Bonchev–Trinajstić information content (AvgIpc) is 3.01. The summed E-state index contributed by atoms with van der Waals surface area (Å²) in [5, 5.41) is 3.22. The smallest absolute Gasteiger partial charge is 0.193 e. The molecule has 0 saturated heterocycles. The van der Waals surface area contributed by atoms with E-state index >= 15 is 0 Å². The van der Waals surface area contributed by atoms with E-state index in [2.05, 4.69) is 10.3 Å². The summed E-state index contributed by atoms with van der Waals surface area (Å²) in [6.07, 6.45) is 0. The number of amidine groups is 1. The first kappa shape index (κ1) is 14.3. The third-order valence-electron chi connectivity index (χ3n) is 3.14. The number of carbonyl (C=O) groups excluding carboxylic acids is 1. The fourth-order valence-electron chi connectivity index (χ4n) is 2.21. The lowest BCUT2D eigenvalue weighted by Crippen LogP contribution is -2.22. The van der Waals surface area contributed by atoms with Crippen LogP contribution in [0.4, 0.5) is 0 Å². The van der Waals surface area contributed by atoms with Crippen molar-refractivity contribution in [3.63, 3.8) is 0 Å². The number of carbonyl (C=O) groups is 1. The van der Waals surface area contributed by atoms with E-state index in [0.717, 1.165) is 24.5 Å². The molecule has 1 heterocycles. The highest BCUT2D eigenvalue weighted by molar-refractivity contribution is 6.16. The molecule has 0 radical (unpaired) electrons. The number of halogens is 1. The van der Waals surface area contributed by atoms with Crippen molar-refractivity contribution in [2.75, 3.05) is 13.1 Å². The van der Waals surface area contributed by atoms with Gasteiger partial charge in [-0.25, -0.2) is 0 Å². The van der Waals surface area contributed by atoms with Crippen LogP contribution in [-0.4, -0.2) is 24.7 Å². The van der Waals surface area contributed by atoms with Gasteiger partial charge < -0.3 is 5.32 Å². The molecule has 4 heteroatoms. The standard InChI is InChI=1S/C16H14N2O.ClH/c19-15(12-6-2-1-3-7-12)13-8-4-5-9-14(13)16-17-10-11-18-16;/h1-9H,10-11H2,(H,17,18);1H. The Bertz CT molecular complexity index is 638. The molecule has 20 heavy (non-hydrogen) atoms. The summed E-state index contributed by atoms with van der Waals surface area (Å²) in [6, 6.07) is 16.9. The van der Waals surface area contributed by atoms with Crippen molar-refractivity contribution in [3.05, 3.63) is 71.3 Å². The quantitative estimate of drug-likeness (QED) is 0.882. The van der Waals surface area contributed by atoms with Crippen LogP contribution in [0.2, 0.25) is 0 Å². The van der Waals surface area contributed by atoms with E-state index < -0.39 is 0 Å². The molecule has 0 unspecified atom stereocenters. The number of ketones is 1. The van der Waals surface area contributed by atoms with E-state index in [1.54, 1.807) is 0 Å². The molecule has 0 atom stereocenters. The van der Waals surface area contributed by atoms with Crippen LogP contribution in [0.1, 0.15) is 21.5 Å². The lowest BCUT2D eigenvalue weighted by molar-refractivity contribution is 0.103. The summed E-state index contributed by atoms with van der Waals surface area (Å²) in [6.45, 7) is 1.60. The third kappa shape index (κ3) is 2.73. The Kier molecular flexibility index (Phi) is 4.53. The molecule has 2 aromatic carbocycles. The molecule has 2 aromatic rings. The highest BCUT2D eigenvalue weighted by Gasteiger charge is 2.17. The number of hydrogen-bond acceptors (Lipinski definition) is 3. The predicted octanol–water partition coefficient (Wildman–Crippen LogP) is 2.69. The van der Waals surface area contributed by atoms with Gasteiger partial charge in [0.25, 0.3) is 0 Å². The molecule has 3 rings (SSSR count). The summed E-state index contributed by atoms with van der Waals surface area (Å²) >= 11 is 0. The van der Waals surface area contributed by atoms with Crippen molar-refractivity contribution in [3.8, 4) is 0 Å². The van der Waals surface area contributed by atoms with Crippen molar-refractivity contribution >= 4 is 24.0 Å². The number of rotatable bonds is 3. The number of nitrogens with zero attached hydrogens (tertiary/aromatic N) is 1. The van der Waals surface area contributed by atoms with Crippen LogP contribution in [0.3, 0.4) is 0 Å². The molecular weight excluding hydrogens is 272 g/mol. The minimum atomic E-state index is 0. The van der Waals surface area contributed by atoms with E-state index in [1.165, 1.54) is 0 Å². The maximum absolute atomic E-state index is 12.5. The zero-order valence-electron chi connectivity index (χ0n) is 10.9. The van der Waals surface area contributed by atoms with Crippen LogP contribution < -0.4 is 5.32 Å². The van der Waals surface area contributed by atoms with Crippen LogP contribution >= 0.6 is 12.4 Å². The first-order valence-electron chi connectivity index (χ1n) is 6.34. The fraction of sp³-hybridized carbons (Fsp3) is 0.125. The van der Waals surface area contributed by atoms with Gasteiger partial charge in [0.2, 0.25) is 0 Å². The Morgan fingerprint density at radius 3 is 2.40 bits per heavy atom. The van der Waals surface area contributed by atoms with E-state index in [-0.39, 0.29) is 18.2 Å². The highest BCUT2D eigenvalue weighted by atomic mass is 35.5. The highest BCUT2D eigenvalue weighted by Crippen LogP contribution is 2.16. The molecule has 1 N–H and O–H groups in total. The second-order valence-electron chi connectivity index (χ2n) is 4.40. The molecular formula is C16H15ClN2O. The molecule has 0 bridgehead atoms. The average molecular weight is 287 g/mol. The Hall–Kier alpha value is -2.13. The van der Waals surface area contributed by atoms with Gasteiger partial charge >= 0.3 is 0 Å². The third-order valence-corrected chi connectivity index (χ3v) is 3.14. The molecule has 3 nitrogen and oxygen atoms in total. The zero-order valence-corrected chi connectivity index (χ0v) is 11.7. The maximum Gasteiger partial charge on any atom is 0.193 e. The summed E-state index contributed by atoms with van der Waals surface area (Å²) in [5.74, 6) is 0.854. The molecule has 0 aromatic heterocycles. The lowest BCUT2D eigenvalue weighted by atomic mass is 9.98. The van der Waals surface area contributed by atoms with Gasteiger partial charge in [-0.15, -0.1) is 12.4 Å².